The lowest BCUT2D eigenvalue weighted by Crippen LogP contribution is -2.48. The van der Waals surface area contributed by atoms with Crippen LogP contribution in [0.4, 0.5) is 28.0 Å². The zero-order valence-corrected chi connectivity index (χ0v) is 19.7. The number of nitrogens with one attached hydrogen (secondary N) is 2. The van der Waals surface area contributed by atoms with Crippen LogP contribution in [0.25, 0.3) is 0 Å². The van der Waals surface area contributed by atoms with E-state index in [4.69, 9.17) is 4.74 Å². The minimum absolute atomic E-state index is 0.0293. The second kappa shape index (κ2) is 10.7. The molecule has 0 aliphatic rings. The lowest BCUT2D eigenvalue weighted by molar-refractivity contribution is -0.274. The van der Waals surface area contributed by atoms with Gasteiger partial charge in [-0.05, 0) is 69.2 Å². The fraction of sp³-hybridized carbons (Fsp3) is 0.375. The number of hydrogen-bond acceptors (Lipinski definition) is 5. The first-order chi connectivity index (χ1) is 16.1. The van der Waals surface area contributed by atoms with E-state index < -0.39 is 53.3 Å². The zero-order valence-electron chi connectivity index (χ0n) is 19.7. The number of amides is 2. The Morgan fingerprint density at radius 2 is 1.54 bits per heavy atom. The van der Waals surface area contributed by atoms with E-state index in [-0.39, 0.29) is 16.8 Å². The fourth-order valence-electron chi connectivity index (χ4n) is 2.95. The van der Waals surface area contributed by atoms with Crippen LogP contribution in [0.1, 0.15) is 50.5 Å². The summed E-state index contributed by atoms with van der Waals surface area (Å²) in [6.07, 6.45) is -5.86. The summed E-state index contributed by atoms with van der Waals surface area (Å²) >= 11 is 0. The molecule has 11 heteroatoms. The van der Waals surface area contributed by atoms with Gasteiger partial charge in [-0.25, -0.2) is 9.18 Å². The lowest BCUT2D eigenvalue weighted by Gasteiger charge is -2.25. The van der Waals surface area contributed by atoms with Crippen LogP contribution < -0.4 is 15.4 Å². The van der Waals surface area contributed by atoms with Crippen molar-refractivity contribution in [1.82, 2.24) is 5.32 Å². The van der Waals surface area contributed by atoms with E-state index in [1.165, 1.54) is 0 Å². The number of ether oxygens (including phenoxy) is 2. The van der Waals surface area contributed by atoms with Gasteiger partial charge in [0.25, 0.3) is 0 Å². The number of carbonyl (C=O) groups excluding carboxylic acids is 3. The number of hydrogen-bond donors (Lipinski definition) is 2. The van der Waals surface area contributed by atoms with E-state index in [0.29, 0.717) is 0 Å². The van der Waals surface area contributed by atoms with Gasteiger partial charge in [0.05, 0.1) is 5.69 Å². The Hall–Kier alpha value is -3.63. The van der Waals surface area contributed by atoms with Crippen LogP contribution in [-0.4, -0.2) is 35.8 Å². The van der Waals surface area contributed by atoms with Crippen molar-refractivity contribution in [1.29, 1.82) is 0 Å². The summed E-state index contributed by atoms with van der Waals surface area (Å²) in [5.74, 6) is -3.23. The minimum atomic E-state index is -5.01. The second-order valence-corrected chi connectivity index (χ2v) is 8.95. The zero-order chi connectivity index (χ0) is 26.6. The third-order valence-electron chi connectivity index (χ3n) is 4.45. The maximum absolute atomic E-state index is 13.3. The number of ketones is 1. The number of alkyl halides is 3. The largest absolute Gasteiger partial charge is 0.573 e. The highest BCUT2D eigenvalue weighted by Gasteiger charge is 2.32. The van der Waals surface area contributed by atoms with Gasteiger partial charge >= 0.3 is 12.5 Å². The summed E-state index contributed by atoms with van der Waals surface area (Å²) in [7, 11) is 0. The summed E-state index contributed by atoms with van der Waals surface area (Å²) in [6, 6.07) is 6.06. The van der Waals surface area contributed by atoms with Crippen molar-refractivity contribution in [2.75, 3.05) is 5.32 Å². The van der Waals surface area contributed by atoms with E-state index in [1.807, 2.05) is 0 Å². The Morgan fingerprint density at radius 3 is 2.06 bits per heavy atom. The van der Waals surface area contributed by atoms with E-state index in [0.717, 1.165) is 42.5 Å². The molecular formula is C24H26F4N2O5. The number of alkyl carbamates (subject to hydrolysis) is 1. The summed E-state index contributed by atoms with van der Waals surface area (Å²) in [4.78, 5) is 38.2. The van der Waals surface area contributed by atoms with Crippen molar-refractivity contribution in [2.24, 2.45) is 5.92 Å². The molecule has 0 saturated carbocycles. The van der Waals surface area contributed by atoms with Crippen LogP contribution >= 0.6 is 0 Å². The Kier molecular flexibility index (Phi) is 8.48. The van der Waals surface area contributed by atoms with Crippen molar-refractivity contribution in [2.45, 2.75) is 52.6 Å². The van der Waals surface area contributed by atoms with Gasteiger partial charge in [-0.2, -0.15) is 0 Å². The Morgan fingerprint density at radius 1 is 0.943 bits per heavy atom. The quantitative estimate of drug-likeness (QED) is 0.392. The molecule has 35 heavy (non-hydrogen) atoms. The predicted molar refractivity (Wildman–Crippen MR) is 120 cm³/mol. The molecule has 0 radical (unpaired) electrons. The molecule has 0 aliphatic heterocycles. The molecule has 0 aromatic heterocycles. The molecule has 0 bridgehead atoms. The Bertz CT molecular complexity index is 1080. The van der Waals surface area contributed by atoms with Crippen LogP contribution in [0.15, 0.2) is 42.5 Å². The van der Waals surface area contributed by atoms with Gasteiger partial charge in [0, 0.05) is 11.1 Å². The van der Waals surface area contributed by atoms with Crippen LogP contribution in [0.3, 0.4) is 0 Å². The maximum Gasteiger partial charge on any atom is 0.573 e. The van der Waals surface area contributed by atoms with Gasteiger partial charge in [0.1, 0.15) is 23.2 Å². The molecule has 2 N–H and O–H groups in total. The van der Waals surface area contributed by atoms with Crippen molar-refractivity contribution in [3.8, 4) is 5.75 Å². The monoisotopic (exact) mass is 498 g/mol. The second-order valence-electron chi connectivity index (χ2n) is 8.95. The lowest BCUT2D eigenvalue weighted by atomic mass is 10.00. The summed E-state index contributed by atoms with van der Waals surface area (Å²) < 4.78 is 60.5. The van der Waals surface area contributed by atoms with Crippen molar-refractivity contribution in [3.05, 3.63) is 59.4 Å². The topological polar surface area (TPSA) is 93.7 Å². The molecule has 0 heterocycles. The highest BCUT2D eigenvalue weighted by Crippen LogP contribution is 2.29. The standard InChI is InChI=1S/C24H26F4N2O5/c1-13(2)19(30-22(33)35-23(3,4)5)21(32)29-18-11-10-16(34-24(26,27)28)12-17(18)20(31)14-6-8-15(25)9-7-14/h6-13,19H,1-5H3,(H,29,32)(H,30,33)/t19-/m0/s1. The van der Waals surface area contributed by atoms with Crippen LogP contribution in [0.5, 0.6) is 5.75 Å². The predicted octanol–water partition coefficient (Wildman–Crippen LogP) is 5.44. The molecular weight excluding hydrogens is 472 g/mol. The average molecular weight is 498 g/mol. The normalized spacial score (nSPS) is 12.6. The third-order valence-corrected chi connectivity index (χ3v) is 4.45. The van der Waals surface area contributed by atoms with E-state index in [9.17, 15) is 31.9 Å². The van der Waals surface area contributed by atoms with Crippen molar-refractivity contribution in [3.63, 3.8) is 0 Å². The van der Waals surface area contributed by atoms with Gasteiger partial charge in [-0.3, -0.25) is 9.59 Å². The SMILES string of the molecule is CC(C)[C@H](NC(=O)OC(C)(C)C)C(=O)Nc1ccc(OC(F)(F)F)cc1C(=O)c1ccc(F)cc1. The first kappa shape index (κ1) is 27.6. The van der Waals surface area contributed by atoms with Gasteiger partial charge in [0.15, 0.2) is 5.78 Å². The van der Waals surface area contributed by atoms with Crippen LogP contribution in [0, 0.1) is 11.7 Å². The number of anilines is 1. The van der Waals surface area contributed by atoms with Gasteiger partial charge in [-0.15, -0.1) is 13.2 Å². The molecule has 2 aromatic rings. The summed E-state index contributed by atoms with van der Waals surface area (Å²) in [5, 5.41) is 4.92. The summed E-state index contributed by atoms with van der Waals surface area (Å²) in [6.45, 7) is 8.26. The smallest absolute Gasteiger partial charge is 0.444 e. The molecule has 1 atom stereocenters. The number of halogens is 4. The van der Waals surface area contributed by atoms with Gasteiger partial charge < -0.3 is 20.1 Å². The third kappa shape index (κ3) is 8.58. The maximum atomic E-state index is 13.3. The highest BCUT2D eigenvalue weighted by atomic mass is 19.4. The molecule has 7 nitrogen and oxygen atoms in total. The molecule has 2 amide bonds. The molecule has 0 fully saturated rings. The van der Waals surface area contributed by atoms with Crippen LogP contribution in [-0.2, 0) is 9.53 Å². The van der Waals surface area contributed by atoms with Gasteiger partial charge in [-0.1, -0.05) is 13.8 Å². The van der Waals surface area contributed by atoms with E-state index >= 15 is 0 Å². The average Bonchev–Trinajstić information content (AvgIpc) is 2.70. The summed E-state index contributed by atoms with van der Waals surface area (Å²) in [5.41, 5.74) is -1.30. The Labute approximate surface area is 199 Å². The minimum Gasteiger partial charge on any atom is -0.444 e. The molecule has 0 unspecified atom stereocenters. The Balaban J connectivity index is 2.39. The van der Waals surface area contributed by atoms with Gasteiger partial charge in [0.2, 0.25) is 5.91 Å². The highest BCUT2D eigenvalue weighted by molar-refractivity contribution is 6.14. The molecule has 190 valence electrons. The molecule has 2 rings (SSSR count). The first-order valence-electron chi connectivity index (χ1n) is 10.6. The number of carbonyl (C=O) groups is 3. The molecule has 0 saturated heterocycles. The molecule has 0 aliphatic carbocycles. The van der Waals surface area contributed by atoms with E-state index in [2.05, 4.69) is 15.4 Å². The molecule has 0 spiro atoms. The van der Waals surface area contributed by atoms with Crippen molar-refractivity contribution >= 4 is 23.5 Å². The number of rotatable bonds is 7. The first-order valence-corrected chi connectivity index (χ1v) is 10.6. The van der Waals surface area contributed by atoms with Crippen molar-refractivity contribution < 1.29 is 41.4 Å². The molecule has 2 aromatic carbocycles. The number of benzene rings is 2. The fourth-order valence-corrected chi connectivity index (χ4v) is 2.95. The van der Waals surface area contributed by atoms with Crippen LogP contribution in [0.2, 0.25) is 0 Å². The van der Waals surface area contributed by atoms with E-state index in [1.54, 1.807) is 34.6 Å².